The first-order valence-electron chi connectivity index (χ1n) is 4.91. The summed E-state index contributed by atoms with van der Waals surface area (Å²) in [6, 6.07) is 7.35. The molecule has 0 spiro atoms. The fraction of sp³-hybridized carbons (Fsp3) is 0.0909. The monoisotopic (exact) mass is 214 g/mol. The van der Waals surface area contributed by atoms with Crippen molar-refractivity contribution < 1.29 is 4.42 Å². The van der Waals surface area contributed by atoms with E-state index in [1.165, 1.54) is 0 Å². The minimum Gasteiger partial charge on any atom is -0.458 e. The van der Waals surface area contributed by atoms with Crippen LogP contribution < -0.4 is 5.73 Å². The van der Waals surface area contributed by atoms with Crippen molar-refractivity contribution in [1.29, 1.82) is 0 Å². The summed E-state index contributed by atoms with van der Waals surface area (Å²) < 4.78 is 5.48. The molecule has 0 aliphatic rings. The number of hydrogen-bond donors (Lipinski definition) is 2. The summed E-state index contributed by atoms with van der Waals surface area (Å²) in [7, 11) is 0. The Morgan fingerprint density at radius 2 is 2.06 bits per heavy atom. The molecule has 0 fully saturated rings. The number of fused-ring (bicyclic) bond motifs is 1. The Labute approximate surface area is 91.3 Å². The zero-order chi connectivity index (χ0) is 11.1. The predicted molar refractivity (Wildman–Crippen MR) is 60.7 cm³/mol. The van der Waals surface area contributed by atoms with E-state index in [2.05, 4.69) is 15.0 Å². The highest BCUT2D eigenvalue weighted by Gasteiger charge is 2.09. The zero-order valence-corrected chi connectivity index (χ0v) is 8.69. The summed E-state index contributed by atoms with van der Waals surface area (Å²) in [5.41, 5.74) is 7.03. The number of nitrogen functional groups attached to an aromatic ring is 1. The Hall–Kier alpha value is -2.30. The molecule has 0 saturated heterocycles. The van der Waals surface area contributed by atoms with Crippen LogP contribution in [0, 0.1) is 6.92 Å². The average molecular weight is 214 g/mol. The standard InChI is InChI=1S/C11H10N4O/c1-6-2-4-8(16-6)11-13-7-3-5-9(12)14-10(7)15-11/h2-5H,1H3,(H3,12,13,14,15). The molecule has 0 atom stereocenters. The zero-order valence-electron chi connectivity index (χ0n) is 8.69. The second kappa shape index (κ2) is 3.10. The normalized spacial score (nSPS) is 11.1. The molecule has 3 N–H and O–H groups in total. The molecule has 0 radical (unpaired) electrons. The second-order valence-electron chi connectivity index (χ2n) is 3.60. The van der Waals surface area contributed by atoms with Crippen LogP contribution in [0.1, 0.15) is 5.76 Å². The van der Waals surface area contributed by atoms with Gasteiger partial charge in [0, 0.05) is 0 Å². The number of nitrogens with one attached hydrogen (secondary N) is 1. The number of aromatic nitrogens is 3. The Kier molecular flexibility index (Phi) is 1.73. The molecule has 0 unspecified atom stereocenters. The molecule has 3 aromatic rings. The van der Waals surface area contributed by atoms with E-state index < -0.39 is 0 Å². The van der Waals surface area contributed by atoms with Crippen LogP contribution in [0.5, 0.6) is 0 Å². The van der Waals surface area contributed by atoms with Crippen LogP contribution in [0.2, 0.25) is 0 Å². The SMILES string of the molecule is Cc1ccc(-c2nc3nc(N)ccc3[nH]2)o1. The predicted octanol–water partition coefficient (Wildman–Crippen LogP) is 2.11. The lowest BCUT2D eigenvalue weighted by Crippen LogP contribution is -1.88. The van der Waals surface area contributed by atoms with Crippen LogP contribution in [0.3, 0.4) is 0 Å². The molecule has 16 heavy (non-hydrogen) atoms. The molecule has 0 aromatic carbocycles. The van der Waals surface area contributed by atoms with Crippen LogP contribution >= 0.6 is 0 Å². The third-order valence-corrected chi connectivity index (χ3v) is 2.34. The molecule has 5 heteroatoms. The number of aryl methyl sites for hydroxylation is 1. The summed E-state index contributed by atoms with van der Waals surface area (Å²) in [4.78, 5) is 11.6. The number of imidazole rings is 1. The molecular formula is C11H10N4O. The average Bonchev–Trinajstić information content (AvgIpc) is 2.83. The maximum Gasteiger partial charge on any atom is 0.180 e. The molecule has 5 nitrogen and oxygen atoms in total. The molecule has 0 aliphatic heterocycles. The van der Waals surface area contributed by atoms with Gasteiger partial charge in [-0.3, -0.25) is 0 Å². The van der Waals surface area contributed by atoms with E-state index >= 15 is 0 Å². The topological polar surface area (TPSA) is 80.7 Å². The fourth-order valence-electron chi connectivity index (χ4n) is 1.59. The largest absolute Gasteiger partial charge is 0.458 e. The van der Waals surface area contributed by atoms with Crippen molar-refractivity contribution in [3.05, 3.63) is 30.0 Å². The van der Waals surface area contributed by atoms with Crippen LogP contribution in [-0.2, 0) is 0 Å². The summed E-state index contributed by atoms with van der Waals surface area (Å²) in [6.45, 7) is 1.89. The van der Waals surface area contributed by atoms with Crippen LogP contribution in [0.25, 0.3) is 22.7 Å². The molecule has 3 rings (SSSR count). The number of H-pyrrole nitrogens is 1. The van der Waals surface area contributed by atoms with Gasteiger partial charge in [-0.05, 0) is 31.2 Å². The van der Waals surface area contributed by atoms with Gasteiger partial charge in [-0.15, -0.1) is 0 Å². The van der Waals surface area contributed by atoms with Gasteiger partial charge >= 0.3 is 0 Å². The van der Waals surface area contributed by atoms with E-state index in [0.717, 1.165) is 11.3 Å². The minimum absolute atomic E-state index is 0.459. The van der Waals surface area contributed by atoms with Gasteiger partial charge in [0.05, 0.1) is 5.52 Å². The van der Waals surface area contributed by atoms with Gasteiger partial charge in [0.25, 0.3) is 0 Å². The summed E-state index contributed by atoms with van der Waals surface area (Å²) in [6.07, 6.45) is 0. The van der Waals surface area contributed by atoms with Gasteiger partial charge in [0.15, 0.2) is 17.2 Å². The highest BCUT2D eigenvalue weighted by molar-refractivity contribution is 5.76. The smallest absolute Gasteiger partial charge is 0.180 e. The number of pyridine rings is 1. The van der Waals surface area contributed by atoms with E-state index in [4.69, 9.17) is 10.2 Å². The number of rotatable bonds is 1. The fourth-order valence-corrected chi connectivity index (χ4v) is 1.59. The van der Waals surface area contributed by atoms with Gasteiger partial charge in [0.2, 0.25) is 0 Å². The van der Waals surface area contributed by atoms with Gasteiger partial charge < -0.3 is 15.1 Å². The Morgan fingerprint density at radius 1 is 1.19 bits per heavy atom. The first kappa shape index (κ1) is 8.96. The van der Waals surface area contributed by atoms with E-state index in [1.807, 2.05) is 25.1 Å². The van der Waals surface area contributed by atoms with Crippen molar-refractivity contribution in [3.63, 3.8) is 0 Å². The van der Waals surface area contributed by atoms with Gasteiger partial charge in [-0.25, -0.2) is 9.97 Å². The van der Waals surface area contributed by atoms with Crippen LogP contribution in [-0.4, -0.2) is 15.0 Å². The van der Waals surface area contributed by atoms with E-state index in [0.29, 0.717) is 23.0 Å². The Balaban J connectivity index is 2.18. The number of furan rings is 1. The number of hydrogen-bond acceptors (Lipinski definition) is 4. The van der Waals surface area contributed by atoms with Gasteiger partial charge in [0.1, 0.15) is 11.6 Å². The molecule has 3 heterocycles. The van der Waals surface area contributed by atoms with Crippen molar-refractivity contribution >= 4 is 17.0 Å². The van der Waals surface area contributed by atoms with Crippen molar-refractivity contribution in [1.82, 2.24) is 15.0 Å². The molecule has 0 aliphatic carbocycles. The first-order chi connectivity index (χ1) is 7.72. The third-order valence-electron chi connectivity index (χ3n) is 2.34. The molecular weight excluding hydrogens is 204 g/mol. The molecule has 3 aromatic heterocycles. The third kappa shape index (κ3) is 1.33. The van der Waals surface area contributed by atoms with Crippen molar-refractivity contribution in [2.45, 2.75) is 6.92 Å². The van der Waals surface area contributed by atoms with E-state index in [9.17, 15) is 0 Å². The molecule has 0 bridgehead atoms. The van der Waals surface area contributed by atoms with Gasteiger partial charge in [-0.2, -0.15) is 0 Å². The number of nitrogens with two attached hydrogens (primary N) is 1. The van der Waals surface area contributed by atoms with Crippen molar-refractivity contribution in [3.8, 4) is 11.6 Å². The van der Waals surface area contributed by atoms with Crippen molar-refractivity contribution in [2.75, 3.05) is 5.73 Å². The highest BCUT2D eigenvalue weighted by atomic mass is 16.3. The Bertz CT molecular complexity index is 653. The first-order valence-corrected chi connectivity index (χ1v) is 4.91. The van der Waals surface area contributed by atoms with Crippen LogP contribution in [0.4, 0.5) is 5.82 Å². The summed E-state index contributed by atoms with van der Waals surface area (Å²) >= 11 is 0. The van der Waals surface area contributed by atoms with Crippen molar-refractivity contribution in [2.24, 2.45) is 0 Å². The van der Waals surface area contributed by atoms with Crippen LogP contribution in [0.15, 0.2) is 28.7 Å². The highest BCUT2D eigenvalue weighted by Crippen LogP contribution is 2.21. The lowest BCUT2D eigenvalue weighted by molar-refractivity contribution is 0.545. The minimum atomic E-state index is 0.459. The van der Waals surface area contributed by atoms with E-state index in [-0.39, 0.29) is 0 Å². The quantitative estimate of drug-likeness (QED) is 0.650. The summed E-state index contributed by atoms with van der Waals surface area (Å²) in [5, 5.41) is 0. The Morgan fingerprint density at radius 3 is 2.81 bits per heavy atom. The van der Waals surface area contributed by atoms with E-state index in [1.54, 1.807) is 6.07 Å². The molecule has 0 amide bonds. The number of anilines is 1. The maximum absolute atomic E-state index is 5.59. The molecule has 80 valence electrons. The molecule has 0 saturated carbocycles. The number of nitrogens with zero attached hydrogens (tertiary/aromatic N) is 2. The summed E-state index contributed by atoms with van der Waals surface area (Å²) in [5.74, 6) is 2.68. The van der Waals surface area contributed by atoms with Gasteiger partial charge in [-0.1, -0.05) is 0 Å². The number of aromatic amines is 1. The second-order valence-corrected chi connectivity index (χ2v) is 3.60. The maximum atomic E-state index is 5.59. The lowest BCUT2D eigenvalue weighted by Gasteiger charge is -1.88. The lowest BCUT2D eigenvalue weighted by atomic mass is 10.4.